The second-order valence-corrected chi connectivity index (χ2v) is 2.59. The fourth-order valence-corrected chi connectivity index (χ4v) is 0.944. The van der Waals surface area contributed by atoms with Gasteiger partial charge >= 0.3 is 0 Å². The highest BCUT2D eigenvalue weighted by Gasteiger charge is 1.97. The van der Waals surface area contributed by atoms with Crippen LogP contribution < -0.4 is 0 Å². The van der Waals surface area contributed by atoms with E-state index >= 15 is 0 Å². The Hall–Kier alpha value is -1.49. The molecule has 0 radical (unpaired) electrons. The zero-order valence-electron chi connectivity index (χ0n) is 6.54. The highest BCUT2D eigenvalue weighted by Crippen LogP contribution is 2.03. The van der Waals surface area contributed by atoms with E-state index in [9.17, 15) is 0 Å². The molecule has 2 nitrogen and oxygen atoms in total. The molecule has 0 amide bonds. The second-order valence-electron chi connectivity index (χ2n) is 2.59. The van der Waals surface area contributed by atoms with Crippen LogP contribution in [0.15, 0.2) is 30.5 Å². The van der Waals surface area contributed by atoms with Crippen molar-refractivity contribution in [1.82, 2.24) is 4.57 Å². The number of nitrogens with zero attached hydrogens (tertiary/aromatic N) is 2. The zero-order chi connectivity index (χ0) is 8.27. The van der Waals surface area contributed by atoms with E-state index in [0.717, 1.165) is 12.1 Å². The first-order valence-electron chi connectivity index (χ1n) is 3.43. The van der Waals surface area contributed by atoms with Crippen molar-refractivity contribution in [2.75, 3.05) is 0 Å². The van der Waals surface area contributed by atoms with Crippen LogP contribution in [0.3, 0.4) is 0 Å². The first kappa shape index (κ1) is 7.62. The van der Waals surface area contributed by atoms with E-state index in [4.69, 9.17) is 5.26 Å². The lowest BCUT2D eigenvalue weighted by atomic mass is 10.3. The van der Waals surface area contributed by atoms with E-state index in [1.165, 1.54) is 0 Å². The van der Waals surface area contributed by atoms with Crippen molar-refractivity contribution in [1.29, 1.82) is 5.26 Å². The molecule has 0 N–H and O–H groups in total. The number of hydrogen-bond donors (Lipinski definition) is 0. The highest BCUT2D eigenvalue weighted by atomic mass is 15.0. The van der Waals surface area contributed by atoms with Crippen molar-refractivity contribution in [3.05, 3.63) is 36.2 Å². The van der Waals surface area contributed by atoms with Crippen LogP contribution in [0.4, 0.5) is 0 Å². The number of allylic oxidation sites excluding steroid dienone is 1. The fourth-order valence-electron chi connectivity index (χ4n) is 0.944. The minimum absolute atomic E-state index is 0.688. The molecule has 0 saturated heterocycles. The lowest BCUT2D eigenvalue weighted by Crippen LogP contribution is -1.98. The van der Waals surface area contributed by atoms with Gasteiger partial charge in [-0.3, -0.25) is 0 Å². The lowest BCUT2D eigenvalue weighted by molar-refractivity contribution is 0.781. The quantitative estimate of drug-likeness (QED) is 0.586. The Kier molecular flexibility index (Phi) is 2.12. The summed E-state index contributed by atoms with van der Waals surface area (Å²) in [6.45, 7) is 6.45. The Balaban J connectivity index is 2.87. The Morgan fingerprint density at radius 2 is 2.55 bits per heavy atom. The van der Waals surface area contributed by atoms with E-state index < -0.39 is 0 Å². The third kappa shape index (κ3) is 1.71. The Morgan fingerprint density at radius 1 is 1.82 bits per heavy atom. The molecular formula is C9H10N2. The van der Waals surface area contributed by atoms with Gasteiger partial charge < -0.3 is 4.57 Å². The largest absolute Gasteiger partial charge is 0.335 e. The molecule has 1 aromatic heterocycles. The molecule has 56 valence electrons. The monoisotopic (exact) mass is 146 g/mol. The molecule has 0 spiro atoms. The smallest absolute Gasteiger partial charge is 0.120 e. The van der Waals surface area contributed by atoms with Crippen LogP contribution in [0.25, 0.3) is 0 Å². The molecule has 0 bridgehead atoms. The summed E-state index contributed by atoms with van der Waals surface area (Å²) in [4.78, 5) is 0. The molecule has 1 aromatic rings. The van der Waals surface area contributed by atoms with Gasteiger partial charge in [0.25, 0.3) is 0 Å². The molecule has 0 saturated carbocycles. The summed E-state index contributed by atoms with van der Waals surface area (Å²) in [6.07, 6.45) is 1.88. The predicted octanol–water partition coefficient (Wildman–Crippen LogP) is 1.94. The maximum absolute atomic E-state index is 8.62. The predicted molar refractivity (Wildman–Crippen MR) is 44.0 cm³/mol. The van der Waals surface area contributed by atoms with Crippen molar-refractivity contribution in [3.63, 3.8) is 0 Å². The average Bonchev–Trinajstić information content (AvgIpc) is 2.34. The SMILES string of the molecule is C=C(C)Cn1cccc1C#N. The summed E-state index contributed by atoms with van der Waals surface area (Å²) in [5.74, 6) is 0. The average molecular weight is 146 g/mol. The molecule has 2 heteroatoms. The third-order valence-corrected chi connectivity index (χ3v) is 1.38. The van der Waals surface area contributed by atoms with Crippen molar-refractivity contribution >= 4 is 0 Å². The van der Waals surface area contributed by atoms with Gasteiger partial charge in [0.05, 0.1) is 0 Å². The lowest BCUT2D eigenvalue weighted by Gasteiger charge is -2.01. The van der Waals surface area contributed by atoms with E-state index in [1.807, 2.05) is 23.8 Å². The van der Waals surface area contributed by atoms with Gasteiger partial charge in [0, 0.05) is 12.7 Å². The molecule has 0 fully saturated rings. The van der Waals surface area contributed by atoms with Gasteiger partial charge in [-0.25, -0.2) is 0 Å². The summed E-state index contributed by atoms with van der Waals surface area (Å²) in [7, 11) is 0. The van der Waals surface area contributed by atoms with Crippen LogP contribution in [0.1, 0.15) is 12.6 Å². The van der Waals surface area contributed by atoms with Gasteiger partial charge in [0.1, 0.15) is 11.8 Å². The van der Waals surface area contributed by atoms with Crippen molar-refractivity contribution < 1.29 is 0 Å². The van der Waals surface area contributed by atoms with Gasteiger partial charge in [0.2, 0.25) is 0 Å². The first-order valence-corrected chi connectivity index (χ1v) is 3.43. The normalized spacial score (nSPS) is 9.09. The Bertz CT molecular complexity index is 302. The maximum Gasteiger partial charge on any atom is 0.120 e. The Morgan fingerprint density at radius 3 is 3.09 bits per heavy atom. The van der Waals surface area contributed by atoms with E-state index in [-0.39, 0.29) is 0 Å². The maximum atomic E-state index is 8.62. The molecule has 0 aromatic carbocycles. The standard InChI is InChI=1S/C9H10N2/c1-8(2)7-11-5-3-4-9(11)6-10/h3-5H,1,7H2,2H3. The highest BCUT2D eigenvalue weighted by molar-refractivity contribution is 5.22. The Labute approximate surface area is 66.4 Å². The number of hydrogen-bond acceptors (Lipinski definition) is 1. The first-order chi connectivity index (χ1) is 5.24. The summed E-state index contributed by atoms with van der Waals surface area (Å²) in [6, 6.07) is 5.76. The van der Waals surface area contributed by atoms with Crippen LogP contribution in [-0.4, -0.2) is 4.57 Å². The van der Waals surface area contributed by atoms with E-state index in [1.54, 1.807) is 6.07 Å². The minimum Gasteiger partial charge on any atom is -0.335 e. The summed E-state index contributed by atoms with van der Waals surface area (Å²) in [5, 5.41) is 8.62. The van der Waals surface area contributed by atoms with Gasteiger partial charge in [-0.15, -0.1) is 0 Å². The third-order valence-electron chi connectivity index (χ3n) is 1.38. The minimum atomic E-state index is 0.688. The summed E-state index contributed by atoms with van der Waals surface area (Å²) in [5.41, 5.74) is 1.74. The molecule has 0 aliphatic carbocycles. The number of aromatic nitrogens is 1. The molecule has 11 heavy (non-hydrogen) atoms. The van der Waals surface area contributed by atoms with Gasteiger partial charge in [-0.2, -0.15) is 5.26 Å². The summed E-state index contributed by atoms with van der Waals surface area (Å²) < 4.78 is 1.88. The van der Waals surface area contributed by atoms with E-state index in [2.05, 4.69) is 12.6 Å². The van der Waals surface area contributed by atoms with Gasteiger partial charge in [-0.05, 0) is 19.1 Å². The van der Waals surface area contributed by atoms with Crippen LogP contribution in [0.2, 0.25) is 0 Å². The van der Waals surface area contributed by atoms with Crippen LogP contribution in [-0.2, 0) is 6.54 Å². The fraction of sp³-hybridized carbons (Fsp3) is 0.222. The molecule has 0 atom stereocenters. The molecule has 1 rings (SSSR count). The van der Waals surface area contributed by atoms with Crippen molar-refractivity contribution in [2.45, 2.75) is 13.5 Å². The molecule has 0 aliphatic rings. The second kappa shape index (κ2) is 3.07. The topological polar surface area (TPSA) is 28.7 Å². The van der Waals surface area contributed by atoms with Gasteiger partial charge in [0.15, 0.2) is 0 Å². The zero-order valence-corrected chi connectivity index (χ0v) is 6.54. The molecule has 0 unspecified atom stereocenters. The van der Waals surface area contributed by atoms with Crippen molar-refractivity contribution in [2.24, 2.45) is 0 Å². The number of nitriles is 1. The van der Waals surface area contributed by atoms with Crippen LogP contribution >= 0.6 is 0 Å². The summed E-state index contributed by atoms with van der Waals surface area (Å²) >= 11 is 0. The van der Waals surface area contributed by atoms with E-state index in [0.29, 0.717) is 5.69 Å². The van der Waals surface area contributed by atoms with Crippen molar-refractivity contribution in [3.8, 4) is 6.07 Å². The van der Waals surface area contributed by atoms with Crippen LogP contribution in [0.5, 0.6) is 0 Å². The van der Waals surface area contributed by atoms with Crippen LogP contribution in [0, 0.1) is 11.3 Å². The number of rotatable bonds is 2. The molecule has 0 aliphatic heterocycles. The van der Waals surface area contributed by atoms with Gasteiger partial charge in [-0.1, -0.05) is 12.2 Å². The molecular weight excluding hydrogens is 136 g/mol. The molecule has 1 heterocycles.